The summed E-state index contributed by atoms with van der Waals surface area (Å²) >= 11 is 0. The monoisotopic (exact) mass is 561 g/mol. The lowest BCUT2D eigenvalue weighted by Gasteiger charge is -2.36. The molecule has 3 heterocycles. The van der Waals surface area contributed by atoms with Crippen LogP contribution in [0.3, 0.4) is 0 Å². The zero-order valence-electron chi connectivity index (χ0n) is 22.0. The van der Waals surface area contributed by atoms with Crippen LogP contribution in [0.1, 0.15) is 81.6 Å². The van der Waals surface area contributed by atoms with Gasteiger partial charge in [0, 0.05) is 43.8 Å². The van der Waals surface area contributed by atoms with Crippen molar-refractivity contribution >= 4 is 17.9 Å². The fourth-order valence-corrected chi connectivity index (χ4v) is 4.72. The maximum atomic E-state index is 14.0. The van der Waals surface area contributed by atoms with Crippen LogP contribution in [0.4, 0.5) is 26.7 Å². The third-order valence-electron chi connectivity index (χ3n) is 6.71. The number of alkyl halides is 5. The van der Waals surface area contributed by atoms with Gasteiger partial charge in [-0.05, 0) is 40.0 Å². The van der Waals surface area contributed by atoms with Gasteiger partial charge in [0.2, 0.25) is 11.8 Å². The second kappa shape index (κ2) is 10.5. The number of aromatic nitrogens is 2. The molecule has 1 aliphatic carbocycles. The third-order valence-corrected chi connectivity index (χ3v) is 6.71. The summed E-state index contributed by atoms with van der Waals surface area (Å²) in [5.74, 6) is -4.17. The van der Waals surface area contributed by atoms with Gasteiger partial charge < -0.3 is 19.9 Å². The van der Waals surface area contributed by atoms with E-state index in [0.29, 0.717) is 12.8 Å². The van der Waals surface area contributed by atoms with Crippen LogP contribution in [0.25, 0.3) is 0 Å². The quantitative estimate of drug-likeness (QED) is 0.530. The highest BCUT2D eigenvalue weighted by Gasteiger charge is 2.42. The molecule has 39 heavy (non-hydrogen) atoms. The fourth-order valence-electron chi connectivity index (χ4n) is 4.72. The van der Waals surface area contributed by atoms with Crippen LogP contribution in [0.2, 0.25) is 0 Å². The lowest BCUT2D eigenvalue weighted by molar-refractivity contribution is -0.148. The third kappa shape index (κ3) is 7.53. The second-order valence-electron chi connectivity index (χ2n) is 11.4. The molecule has 1 saturated heterocycles. The molecule has 4 rings (SSSR count). The van der Waals surface area contributed by atoms with E-state index < -0.39 is 60.3 Å². The molecular weight excluding hydrogens is 529 g/mol. The maximum Gasteiger partial charge on any atom is 0.433 e. The molecule has 1 N–H and O–H groups in total. The van der Waals surface area contributed by atoms with Gasteiger partial charge in [-0.2, -0.15) is 13.2 Å². The Morgan fingerprint density at radius 2 is 1.85 bits per heavy atom. The Labute approximate surface area is 222 Å². The van der Waals surface area contributed by atoms with E-state index in [2.05, 4.69) is 15.3 Å². The second-order valence-corrected chi connectivity index (χ2v) is 11.4. The number of hydrogen-bond donors (Lipinski definition) is 1. The predicted octanol–water partition coefficient (Wildman–Crippen LogP) is 3.80. The largest absolute Gasteiger partial charge is 0.444 e. The molecule has 1 atom stereocenters. The van der Waals surface area contributed by atoms with Gasteiger partial charge in [0.15, 0.2) is 5.69 Å². The lowest BCUT2D eigenvalue weighted by atomic mass is 10.0. The van der Waals surface area contributed by atoms with Crippen molar-refractivity contribution in [3.63, 3.8) is 0 Å². The van der Waals surface area contributed by atoms with Gasteiger partial charge in [-0.3, -0.25) is 9.59 Å². The molecule has 0 aromatic carbocycles. The number of alkyl carbamates (subject to hydrolysis) is 1. The van der Waals surface area contributed by atoms with Crippen molar-refractivity contribution in [2.45, 2.75) is 95.5 Å². The molecule has 1 saturated carbocycles. The number of fused-ring (bicyclic) bond motifs is 1. The van der Waals surface area contributed by atoms with Gasteiger partial charge in [-0.25, -0.2) is 23.5 Å². The van der Waals surface area contributed by atoms with Gasteiger partial charge in [0.1, 0.15) is 11.4 Å². The minimum atomic E-state index is -4.66. The number of rotatable bonds is 6. The number of nitrogens with zero attached hydrogens (tertiary/aromatic N) is 4. The molecule has 2 aliphatic heterocycles. The van der Waals surface area contributed by atoms with E-state index in [9.17, 15) is 36.3 Å². The highest BCUT2D eigenvalue weighted by atomic mass is 19.4. The Bertz CT molecular complexity index is 1130. The number of piperidine rings is 1. The average Bonchev–Trinajstić information content (AvgIpc) is 3.63. The van der Waals surface area contributed by atoms with Crippen molar-refractivity contribution in [2.24, 2.45) is 0 Å². The molecule has 3 aliphatic rings. The molecule has 216 valence electrons. The Balaban J connectivity index is 1.51. The number of ether oxygens (including phenoxy) is 1. The van der Waals surface area contributed by atoms with E-state index in [1.807, 2.05) is 0 Å². The van der Waals surface area contributed by atoms with E-state index in [0.717, 1.165) is 4.90 Å². The van der Waals surface area contributed by atoms with Crippen LogP contribution < -0.4 is 5.32 Å². The van der Waals surface area contributed by atoms with Gasteiger partial charge in [0.05, 0.1) is 24.8 Å². The molecule has 2 fully saturated rings. The van der Waals surface area contributed by atoms with Crippen LogP contribution in [0, 0.1) is 0 Å². The van der Waals surface area contributed by atoms with E-state index >= 15 is 0 Å². The molecule has 9 nitrogen and oxygen atoms in total. The van der Waals surface area contributed by atoms with Crippen molar-refractivity contribution in [3.8, 4) is 0 Å². The summed E-state index contributed by atoms with van der Waals surface area (Å²) in [6.07, 6.45) is -5.59. The Kier molecular flexibility index (Phi) is 7.78. The van der Waals surface area contributed by atoms with Crippen molar-refractivity contribution in [3.05, 3.63) is 22.8 Å². The van der Waals surface area contributed by atoms with Gasteiger partial charge in [-0.15, -0.1) is 0 Å². The smallest absolute Gasteiger partial charge is 0.433 e. The van der Waals surface area contributed by atoms with Crippen LogP contribution in [0.15, 0.2) is 0 Å². The van der Waals surface area contributed by atoms with Crippen molar-refractivity contribution < 1.29 is 41.1 Å². The number of hydrogen-bond acceptors (Lipinski definition) is 6. The van der Waals surface area contributed by atoms with E-state index in [-0.39, 0.29) is 61.9 Å². The van der Waals surface area contributed by atoms with Crippen LogP contribution in [-0.2, 0) is 33.5 Å². The number of amides is 3. The summed E-state index contributed by atoms with van der Waals surface area (Å²) in [5.41, 5.74) is -1.77. The fraction of sp³-hybridized carbons (Fsp3) is 0.720. The molecule has 14 heteroatoms. The number of likely N-dealkylation sites (tertiary alicyclic amines) is 1. The first-order chi connectivity index (χ1) is 18.0. The van der Waals surface area contributed by atoms with Gasteiger partial charge in [-0.1, -0.05) is 0 Å². The first-order valence-electron chi connectivity index (χ1n) is 12.9. The zero-order valence-corrected chi connectivity index (χ0v) is 22.0. The summed E-state index contributed by atoms with van der Waals surface area (Å²) in [6, 6.07) is -1.07. The number of halogens is 5. The minimum Gasteiger partial charge on any atom is -0.444 e. The van der Waals surface area contributed by atoms with Crippen LogP contribution in [-0.4, -0.2) is 74.9 Å². The standard InChI is InChI=1S/C25H32F5N5O4/c1-23(2,3)39-22(38)31-15(11-35-13-24(26,27)8-6-18(35)36)10-19(37)34-9-7-16-17(12-34)32-21(14-4-5-14)33-20(16)25(28,29)30/h14-15H,4-13H2,1-3H3,(H,31,38)/t15-/m0/s1. The zero-order chi connectivity index (χ0) is 28.8. The Morgan fingerprint density at radius 3 is 2.46 bits per heavy atom. The number of nitrogens with one attached hydrogen (secondary N) is 1. The SMILES string of the molecule is CC(C)(C)OC(=O)N[C@@H](CC(=O)N1CCc2c(nc(C3CC3)nc2C(F)(F)F)C1)CN1CC(F)(F)CCC1=O. The van der Waals surface area contributed by atoms with E-state index in [1.165, 1.54) is 4.90 Å². The maximum absolute atomic E-state index is 14.0. The molecule has 0 unspecified atom stereocenters. The predicted molar refractivity (Wildman–Crippen MR) is 127 cm³/mol. The first kappa shape index (κ1) is 28.9. The summed E-state index contributed by atoms with van der Waals surface area (Å²) in [5, 5.41) is 2.50. The summed E-state index contributed by atoms with van der Waals surface area (Å²) in [4.78, 5) is 48.4. The lowest BCUT2D eigenvalue weighted by Crippen LogP contribution is -2.53. The van der Waals surface area contributed by atoms with Crippen molar-refractivity contribution in [2.75, 3.05) is 19.6 Å². The first-order valence-corrected chi connectivity index (χ1v) is 12.9. The highest BCUT2D eigenvalue weighted by molar-refractivity contribution is 5.79. The summed E-state index contributed by atoms with van der Waals surface area (Å²) in [6.45, 7) is 3.46. The number of carbonyl (C=O) groups is 3. The average molecular weight is 562 g/mol. The summed E-state index contributed by atoms with van der Waals surface area (Å²) < 4.78 is 74.3. The molecule has 1 aromatic heterocycles. The minimum absolute atomic E-state index is 0.0408. The summed E-state index contributed by atoms with van der Waals surface area (Å²) in [7, 11) is 0. The Morgan fingerprint density at radius 1 is 1.15 bits per heavy atom. The van der Waals surface area contributed by atoms with Crippen LogP contribution in [0.5, 0.6) is 0 Å². The molecule has 0 bridgehead atoms. The van der Waals surface area contributed by atoms with Crippen LogP contribution >= 0.6 is 0 Å². The molecule has 1 aromatic rings. The number of carbonyl (C=O) groups excluding carboxylic acids is 3. The molecule has 3 amide bonds. The topological polar surface area (TPSA) is 105 Å². The molecule has 0 spiro atoms. The van der Waals surface area contributed by atoms with Gasteiger partial charge in [0.25, 0.3) is 5.92 Å². The Hall–Kier alpha value is -3.06. The van der Waals surface area contributed by atoms with E-state index in [1.54, 1.807) is 20.8 Å². The molecular formula is C25H32F5N5O4. The highest BCUT2D eigenvalue weighted by Crippen LogP contribution is 2.41. The van der Waals surface area contributed by atoms with E-state index in [4.69, 9.17) is 4.74 Å². The van der Waals surface area contributed by atoms with Crippen molar-refractivity contribution in [1.29, 1.82) is 0 Å². The molecule has 0 radical (unpaired) electrons. The normalized spacial score (nSPS) is 20.4. The van der Waals surface area contributed by atoms with Gasteiger partial charge >= 0.3 is 12.3 Å². The van der Waals surface area contributed by atoms with Crippen molar-refractivity contribution in [1.82, 2.24) is 25.1 Å².